The molecule has 0 aliphatic carbocycles. The van der Waals surface area contributed by atoms with Crippen LogP contribution < -0.4 is 11.1 Å². The molecule has 0 atom stereocenters. The largest absolute Gasteiger partial charge is 0.441 e. The van der Waals surface area contributed by atoms with Crippen LogP contribution in [0.3, 0.4) is 0 Å². The Morgan fingerprint density at radius 1 is 1.41 bits per heavy atom. The van der Waals surface area contributed by atoms with Gasteiger partial charge in [0.1, 0.15) is 5.52 Å². The average Bonchev–Trinajstić information content (AvgIpc) is 2.65. The molecule has 0 aliphatic rings. The molecule has 0 saturated heterocycles. The van der Waals surface area contributed by atoms with Crippen LogP contribution in [0.1, 0.15) is 25.3 Å². The second-order valence-electron chi connectivity index (χ2n) is 4.93. The molecule has 3 N–H and O–H groups in total. The topological polar surface area (TPSA) is 64.1 Å². The van der Waals surface area contributed by atoms with E-state index in [0.29, 0.717) is 12.6 Å². The maximum absolute atomic E-state index is 5.47. The first-order valence-electron chi connectivity index (χ1n) is 5.81. The first-order chi connectivity index (χ1) is 8.03. The molecule has 17 heavy (non-hydrogen) atoms. The standard InChI is InChI=1S/C13H19N3O/c1-9-16-11-6-10(4-5-12(11)17-9)13(2,3)7-15-8-14/h4-6,15H,7-8,14H2,1-3H3. The lowest BCUT2D eigenvalue weighted by Crippen LogP contribution is -2.35. The monoisotopic (exact) mass is 233 g/mol. The lowest BCUT2D eigenvalue weighted by Gasteiger charge is -2.25. The Morgan fingerprint density at radius 2 is 2.18 bits per heavy atom. The highest BCUT2D eigenvalue weighted by atomic mass is 16.3. The van der Waals surface area contributed by atoms with Gasteiger partial charge in [-0.05, 0) is 17.7 Å². The maximum Gasteiger partial charge on any atom is 0.192 e. The number of nitrogens with zero attached hydrogens (tertiary/aromatic N) is 1. The molecule has 1 aromatic carbocycles. The van der Waals surface area contributed by atoms with Crippen molar-refractivity contribution in [1.82, 2.24) is 10.3 Å². The van der Waals surface area contributed by atoms with Gasteiger partial charge in [0.2, 0.25) is 0 Å². The lowest BCUT2D eigenvalue weighted by molar-refractivity contribution is 0.474. The molecule has 2 rings (SSSR count). The summed E-state index contributed by atoms with van der Waals surface area (Å²) >= 11 is 0. The molecule has 0 unspecified atom stereocenters. The van der Waals surface area contributed by atoms with Crippen LogP contribution in [0.15, 0.2) is 22.6 Å². The Bertz CT molecular complexity index is 516. The van der Waals surface area contributed by atoms with E-state index in [1.165, 1.54) is 5.56 Å². The minimum absolute atomic E-state index is 0.0282. The van der Waals surface area contributed by atoms with Crippen LogP contribution >= 0.6 is 0 Å². The first-order valence-corrected chi connectivity index (χ1v) is 5.81. The second-order valence-corrected chi connectivity index (χ2v) is 4.93. The predicted molar refractivity (Wildman–Crippen MR) is 68.8 cm³/mol. The number of benzene rings is 1. The van der Waals surface area contributed by atoms with Gasteiger partial charge in [0.15, 0.2) is 11.5 Å². The number of fused-ring (bicyclic) bond motifs is 1. The molecular formula is C13H19N3O. The van der Waals surface area contributed by atoms with Crippen LogP contribution in [-0.2, 0) is 5.41 Å². The molecule has 0 saturated carbocycles. The molecule has 0 fully saturated rings. The maximum atomic E-state index is 5.47. The molecular weight excluding hydrogens is 214 g/mol. The van der Waals surface area contributed by atoms with E-state index in [1.54, 1.807) is 0 Å². The fourth-order valence-electron chi connectivity index (χ4n) is 1.95. The van der Waals surface area contributed by atoms with E-state index >= 15 is 0 Å². The van der Waals surface area contributed by atoms with Crippen LogP contribution in [0.4, 0.5) is 0 Å². The van der Waals surface area contributed by atoms with E-state index in [0.717, 1.165) is 17.6 Å². The van der Waals surface area contributed by atoms with Crippen molar-refractivity contribution in [1.29, 1.82) is 0 Å². The highest BCUT2D eigenvalue weighted by Crippen LogP contribution is 2.26. The van der Waals surface area contributed by atoms with Crippen molar-refractivity contribution in [3.63, 3.8) is 0 Å². The minimum atomic E-state index is 0.0282. The summed E-state index contributed by atoms with van der Waals surface area (Å²) in [5.74, 6) is 0.704. The molecule has 0 radical (unpaired) electrons. The van der Waals surface area contributed by atoms with Gasteiger partial charge in [0, 0.05) is 25.6 Å². The summed E-state index contributed by atoms with van der Waals surface area (Å²) in [7, 11) is 0. The van der Waals surface area contributed by atoms with Crippen LogP contribution in [0.2, 0.25) is 0 Å². The van der Waals surface area contributed by atoms with E-state index in [9.17, 15) is 0 Å². The second kappa shape index (κ2) is 4.47. The number of aryl methyl sites for hydroxylation is 1. The quantitative estimate of drug-likeness (QED) is 0.792. The smallest absolute Gasteiger partial charge is 0.192 e. The Hall–Kier alpha value is -1.39. The van der Waals surface area contributed by atoms with E-state index in [-0.39, 0.29) is 5.41 Å². The minimum Gasteiger partial charge on any atom is -0.441 e. The zero-order valence-electron chi connectivity index (χ0n) is 10.6. The fraction of sp³-hybridized carbons (Fsp3) is 0.462. The number of hydrogen-bond acceptors (Lipinski definition) is 4. The average molecular weight is 233 g/mol. The third-order valence-corrected chi connectivity index (χ3v) is 2.99. The van der Waals surface area contributed by atoms with Crippen LogP contribution in [0.5, 0.6) is 0 Å². The predicted octanol–water partition coefficient (Wildman–Crippen LogP) is 1.92. The number of oxazole rings is 1. The Balaban J connectivity index is 2.34. The van der Waals surface area contributed by atoms with Gasteiger partial charge in [-0.25, -0.2) is 4.98 Å². The summed E-state index contributed by atoms with van der Waals surface area (Å²) in [6.07, 6.45) is 0. The fourth-order valence-corrected chi connectivity index (χ4v) is 1.95. The number of hydrogen-bond donors (Lipinski definition) is 2. The van der Waals surface area contributed by atoms with Gasteiger partial charge in [-0.15, -0.1) is 0 Å². The molecule has 2 aromatic rings. The number of rotatable bonds is 4. The van der Waals surface area contributed by atoms with Gasteiger partial charge in [-0.3, -0.25) is 0 Å². The van der Waals surface area contributed by atoms with Crippen molar-refractivity contribution < 1.29 is 4.42 Å². The van der Waals surface area contributed by atoms with Gasteiger partial charge >= 0.3 is 0 Å². The van der Waals surface area contributed by atoms with Crippen molar-refractivity contribution in [2.24, 2.45) is 5.73 Å². The zero-order chi connectivity index (χ0) is 12.5. The molecule has 0 spiro atoms. The Morgan fingerprint density at radius 3 is 2.88 bits per heavy atom. The zero-order valence-corrected chi connectivity index (χ0v) is 10.6. The highest BCUT2D eigenvalue weighted by Gasteiger charge is 2.20. The van der Waals surface area contributed by atoms with Crippen LogP contribution in [-0.4, -0.2) is 18.2 Å². The summed E-state index contributed by atoms with van der Waals surface area (Å²) in [6, 6.07) is 6.16. The van der Waals surface area contributed by atoms with Crippen LogP contribution in [0, 0.1) is 6.92 Å². The third kappa shape index (κ3) is 2.48. The molecule has 0 bridgehead atoms. The van der Waals surface area contributed by atoms with Crippen LogP contribution in [0.25, 0.3) is 11.1 Å². The van der Waals surface area contributed by atoms with Crippen molar-refractivity contribution in [2.45, 2.75) is 26.2 Å². The van der Waals surface area contributed by atoms with Crippen molar-refractivity contribution in [3.05, 3.63) is 29.7 Å². The van der Waals surface area contributed by atoms with Crippen molar-refractivity contribution in [2.75, 3.05) is 13.2 Å². The molecule has 4 nitrogen and oxygen atoms in total. The first kappa shape index (κ1) is 12.1. The van der Waals surface area contributed by atoms with Crippen molar-refractivity contribution in [3.8, 4) is 0 Å². The van der Waals surface area contributed by atoms with E-state index in [2.05, 4.69) is 36.3 Å². The summed E-state index contributed by atoms with van der Waals surface area (Å²) in [6.45, 7) is 7.56. The van der Waals surface area contributed by atoms with E-state index in [4.69, 9.17) is 10.2 Å². The SMILES string of the molecule is Cc1nc2cc(C(C)(C)CNCN)ccc2o1. The molecule has 0 aliphatic heterocycles. The van der Waals surface area contributed by atoms with Gasteiger partial charge < -0.3 is 15.5 Å². The lowest BCUT2D eigenvalue weighted by atomic mass is 9.84. The third-order valence-electron chi connectivity index (χ3n) is 2.99. The van der Waals surface area contributed by atoms with Gasteiger partial charge in [-0.1, -0.05) is 19.9 Å². The summed E-state index contributed by atoms with van der Waals surface area (Å²) < 4.78 is 5.47. The number of nitrogens with two attached hydrogens (primary N) is 1. The summed E-state index contributed by atoms with van der Waals surface area (Å²) in [4.78, 5) is 4.36. The summed E-state index contributed by atoms with van der Waals surface area (Å²) in [5, 5.41) is 3.17. The molecule has 0 amide bonds. The molecule has 1 heterocycles. The Kier molecular flexibility index (Phi) is 3.17. The van der Waals surface area contributed by atoms with E-state index < -0.39 is 0 Å². The normalized spacial score (nSPS) is 12.2. The van der Waals surface area contributed by atoms with Gasteiger partial charge in [0.05, 0.1) is 0 Å². The Labute approximate surface area is 101 Å². The van der Waals surface area contributed by atoms with Gasteiger partial charge in [0.25, 0.3) is 0 Å². The molecule has 1 aromatic heterocycles. The van der Waals surface area contributed by atoms with Crippen molar-refractivity contribution >= 4 is 11.1 Å². The molecule has 4 heteroatoms. The number of nitrogens with one attached hydrogen (secondary N) is 1. The number of aromatic nitrogens is 1. The molecule has 92 valence electrons. The summed E-state index contributed by atoms with van der Waals surface area (Å²) in [5.41, 5.74) is 8.49. The van der Waals surface area contributed by atoms with E-state index in [1.807, 2.05) is 13.0 Å². The highest BCUT2D eigenvalue weighted by molar-refractivity contribution is 5.73. The van der Waals surface area contributed by atoms with Gasteiger partial charge in [-0.2, -0.15) is 0 Å².